The van der Waals surface area contributed by atoms with Crippen molar-refractivity contribution < 1.29 is 0 Å². The Morgan fingerprint density at radius 2 is 1.80 bits per heavy atom. The van der Waals surface area contributed by atoms with Crippen LogP contribution in [0.3, 0.4) is 0 Å². The molecule has 0 saturated heterocycles. The summed E-state index contributed by atoms with van der Waals surface area (Å²) in [5.41, 5.74) is 6.48. The maximum atomic E-state index is 5.99. The second kappa shape index (κ2) is 4.54. The Kier molecular flexibility index (Phi) is 3.80. The Morgan fingerprint density at radius 3 is 2.20 bits per heavy atom. The second-order valence-corrected chi connectivity index (χ2v) is 6.01. The van der Waals surface area contributed by atoms with Gasteiger partial charge in [-0.15, -0.1) is 0 Å². The maximum Gasteiger partial charge on any atom is 0.0991 e. The number of hydrogen-bond acceptors (Lipinski definition) is 1. The Balaban J connectivity index is 2.61. The summed E-state index contributed by atoms with van der Waals surface area (Å²) in [6.07, 6.45) is 6.67. The monoisotopic (exact) mass is 210 g/mol. The van der Waals surface area contributed by atoms with E-state index in [1.807, 2.05) is 0 Å². The van der Waals surface area contributed by atoms with Gasteiger partial charge in [-0.1, -0.05) is 40.5 Å². The number of rotatable bonds is 3. The van der Waals surface area contributed by atoms with E-state index in [4.69, 9.17) is 5.73 Å². The molecule has 0 heterocycles. The second-order valence-electron chi connectivity index (χ2n) is 6.01. The Hall–Kier alpha value is -0.530. The minimum atomic E-state index is 0.0214. The molecule has 1 rings (SSSR count). The van der Waals surface area contributed by atoms with Crippen molar-refractivity contribution in [3.63, 3.8) is 0 Å². The molecule has 0 aliphatic heterocycles. The first kappa shape index (κ1) is 12.5. The van der Waals surface area contributed by atoms with Crippen molar-refractivity contribution in [2.24, 2.45) is 21.6 Å². The highest BCUT2D eigenvalue weighted by molar-refractivity contribution is 5.85. The molecule has 0 atom stereocenters. The van der Waals surface area contributed by atoms with Crippen LogP contribution in [0.5, 0.6) is 0 Å². The molecule has 88 valence electrons. The van der Waals surface area contributed by atoms with Gasteiger partial charge in [0.15, 0.2) is 0 Å². The van der Waals surface area contributed by atoms with Crippen molar-refractivity contribution >= 4 is 5.84 Å². The quantitative estimate of drug-likeness (QED) is 0.563. The fourth-order valence-electron chi connectivity index (χ4n) is 2.24. The number of aliphatic imine (C=N–C) groups is 1. The third kappa shape index (κ3) is 3.22. The molecule has 0 aromatic carbocycles. The largest absolute Gasteiger partial charge is 0.387 e. The highest BCUT2D eigenvalue weighted by Gasteiger charge is 2.32. The van der Waals surface area contributed by atoms with E-state index in [0.29, 0.717) is 5.41 Å². The molecule has 2 heteroatoms. The van der Waals surface area contributed by atoms with Crippen LogP contribution in [0.1, 0.15) is 59.8 Å². The van der Waals surface area contributed by atoms with E-state index in [1.165, 1.54) is 32.1 Å². The predicted molar refractivity (Wildman–Crippen MR) is 67.1 cm³/mol. The zero-order valence-corrected chi connectivity index (χ0v) is 10.8. The summed E-state index contributed by atoms with van der Waals surface area (Å²) in [4.78, 5) is 4.61. The first-order chi connectivity index (χ1) is 6.90. The van der Waals surface area contributed by atoms with Gasteiger partial charge in [0.25, 0.3) is 0 Å². The molecule has 15 heavy (non-hydrogen) atoms. The van der Waals surface area contributed by atoms with Gasteiger partial charge >= 0.3 is 0 Å². The Bertz CT molecular complexity index is 229. The first-order valence-electron chi connectivity index (χ1n) is 6.20. The van der Waals surface area contributed by atoms with E-state index in [2.05, 4.69) is 32.7 Å². The van der Waals surface area contributed by atoms with Gasteiger partial charge in [-0.05, 0) is 24.7 Å². The number of nitrogens with zero attached hydrogens (tertiary/aromatic N) is 1. The van der Waals surface area contributed by atoms with Gasteiger partial charge in [0.2, 0.25) is 0 Å². The lowest BCUT2D eigenvalue weighted by Crippen LogP contribution is -2.31. The van der Waals surface area contributed by atoms with Crippen LogP contribution < -0.4 is 5.73 Å². The first-order valence-corrected chi connectivity index (χ1v) is 6.20. The highest BCUT2D eigenvalue weighted by Crippen LogP contribution is 2.41. The number of amidine groups is 1. The van der Waals surface area contributed by atoms with Crippen LogP contribution in [0.15, 0.2) is 4.99 Å². The Morgan fingerprint density at radius 1 is 1.27 bits per heavy atom. The molecule has 0 unspecified atom stereocenters. The zero-order valence-electron chi connectivity index (χ0n) is 10.8. The smallest absolute Gasteiger partial charge is 0.0991 e. The average Bonchev–Trinajstić information content (AvgIpc) is 2.62. The van der Waals surface area contributed by atoms with Crippen molar-refractivity contribution in [3.05, 3.63) is 0 Å². The van der Waals surface area contributed by atoms with Crippen molar-refractivity contribution in [2.45, 2.75) is 59.8 Å². The fraction of sp³-hybridized carbons (Fsp3) is 0.923. The van der Waals surface area contributed by atoms with Gasteiger partial charge in [0, 0.05) is 12.0 Å². The summed E-state index contributed by atoms with van der Waals surface area (Å²) in [7, 11) is 0. The molecule has 0 aromatic heterocycles. The van der Waals surface area contributed by atoms with Crippen molar-refractivity contribution in [1.82, 2.24) is 0 Å². The normalized spacial score (nSPS) is 22.0. The molecule has 1 aliphatic carbocycles. The van der Waals surface area contributed by atoms with Crippen LogP contribution in [0, 0.1) is 10.8 Å². The molecule has 2 nitrogen and oxygen atoms in total. The summed E-state index contributed by atoms with van der Waals surface area (Å²) < 4.78 is 0. The molecule has 2 N–H and O–H groups in total. The molecular formula is C13H26N2. The highest BCUT2D eigenvalue weighted by atomic mass is 14.9. The van der Waals surface area contributed by atoms with E-state index in [0.717, 1.165) is 12.4 Å². The van der Waals surface area contributed by atoms with Crippen molar-refractivity contribution in [1.29, 1.82) is 0 Å². The topological polar surface area (TPSA) is 38.4 Å². The zero-order chi connectivity index (χ0) is 11.5. The third-order valence-electron chi connectivity index (χ3n) is 3.77. The van der Waals surface area contributed by atoms with Gasteiger partial charge in [-0.25, -0.2) is 0 Å². The Labute approximate surface area is 94.3 Å². The molecule has 0 spiro atoms. The van der Waals surface area contributed by atoms with E-state index in [9.17, 15) is 0 Å². The summed E-state index contributed by atoms with van der Waals surface area (Å²) in [5, 5.41) is 0. The predicted octanol–water partition coefficient (Wildman–Crippen LogP) is 3.36. The lowest BCUT2D eigenvalue weighted by Gasteiger charge is -2.26. The minimum Gasteiger partial charge on any atom is -0.387 e. The van der Waals surface area contributed by atoms with Crippen LogP contribution in [0.4, 0.5) is 0 Å². The molecule has 1 saturated carbocycles. The van der Waals surface area contributed by atoms with Gasteiger partial charge < -0.3 is 5.73 Å². The van der Waals surface area contributed by atoms with Gasteiger partial charge in [0.1, 0.15) is 0 Å². The van der Waals surface area contributed by atoms with Crippen molar-refractivity contribution in [2.75, 3.05) is 6.54 Å². The fourth-order valence-corrected chi connectivity index (χ4v) is 2.24. The van der Waals surface area contributed by atoms with Crippen molar-refractivity contribution in [3.8, 4) is 0 Å². The minimum absolute atomic E-state index is 0.0214. The van der Waals surface area contributed by atoms with E-state index >= 15 is 0 Å². The molecule has 0 bridgehead atoms. The van der Waals surface area contributed by atoms with E-state index in [-0.39, 0.29) is 5.41 Å². The lowest BCUT2D eigenvalue weighted by molar-refractivity contribution is 0.296. The summed E-state index contributed by atoms with van der Waals surface area (Å²) >= 11 is 0. The molecule has 0 amide bonds. The standard InChI is InChI=1S/C13H26N2/c1-5-13(8-6-7-9-13)10-15-11(14)12(2,3)4/h5-10H2,1-4H3,(H2,14,15). The van der Waals surface area contributed by atoms with Crippen LogP contribution in [-0.4, -0.2) is 12.4 Å². The number of hydrogen-bond donors (Lipinski definition) is 1. The SMILES string of the molecule is CCC1(CN=C(N)C(C)(C)C)CCCC1. The van der Waals surface area contributed by atoms with Crippen LogP contribution in [0.2, 0.25) is 0 Å². The molecule has 1 fully saturated rings. The number of nitrogens with two attached hydrogens (primary N) is 1. The van der Waals surface area contributed by atoms with Gasteiger partial charge in [0.05, 0.1) is 5.84 Å². The lowest BCUT2D eigenvalue weighted by atomic mass is 9.83. The average molecular weight is 210 g/mol. The van der Waals surface area contributed by atoms with Crippen LogP contribution in [-0.2, 0) is 0 Å². The molecule has 1 aliphatic rings. The van der Waals surface area contributed by atoms with Gasteiger partial charge in [-0.2, -0.15) is 0 Å². The molecular weight excluding hydrogens is 184 g/mol. The van der Waals surface area contributed by atoms with Crippen LogP contribution >= 0.6 is 0 Å². The maximum absolute atomic E-state index is 5.99. The summed E-state index contributed by atoms with van der Waals surface area (Å²) in [6.45, 7) is 9.60. The van der Waals surface area contributed by atoms with E-state index in [1.54, 1.807) is 0 Å². The molecule has 0 aromatic rings. The van der Waals surface area contributed by atoms with E-state index < -0.39 is 0 Å². The van der Waals surface area contributed by atoms with Crippen LogP contribution in [0.25, 0.3) is 0 Å². The third-order valence-corrected chi connectivity index (χ3v) is 3.77. The molecule has 0 radical (unpaired) electrons. The summed E-state index contributed by atoms with van der Waals surface area (Å²) in [5.74, 6) is 0.808. The van der Waals surface area contributed by atoms with Gasteiger partial charge in [-0.3, -0.25) is 4.99 Å². The summed E-state index contributed by atoms with van der Waals surface area (Å²) in [6, 6.07) is 0.